The average Bonchev–Trinajstić information content (AvgIpc) is 2.17. The Hall–Kier alpha value is -0.860. The third kappa shape index (κ3) is 2.54. The molecule has 1 rings (SSSR count). The lowest BCUT2D eigenvalue weighted by Gasteiger charge is -2.16. The Morgan fingerprint density at radius 3 is 2.23 bits per heavy atom. The fourth-order valence-corrected chi connectivity index (χ4v) is 1.19. The third-order valence-corrected chi connectivity index (χ3v) is 2.25. The predicted molar refractivity (Wildman–Crippen MR) is 52.4 cm³/mol. The molecule has 2 atom stereocenters. The number of benzene rings is 1. The van der Waals surface area contributed by atoms with Crippen molar-refractivity contribution in [2.45, 2.75) is 20.0 Å². The van der Waals surface area contributed by atoms with Crippen molar-refractivity contribution >= 4 is 0 Å². The molecule has 1 aromatic carbocycles. The summed E-state index contributed by atoms with van der Waals surface area (Å²) in [4.78, 5) is 0. The lowest BCUT2D eigenvalue weighted by atomic mass is 9.97. The summed E-state index contributed by atoms with van der Waals surface area (Å²) >= 11 is 0. The van der Waals surface area contributed by atoms with E-state index in [0.717, 1.165) is 5.56 Å². The van der Waals surface area contributed by atoms with Crippen molar-refractivity contribution < 1.29 is 10.2 Å². The third-order valence-electron chi connectivity index (χ3n) is 2.25. The van der Waals surface area contributed by atoms with Crippen molar-refractivity contribution in [2.75, 3.05) is 6.61 Å². The molecule has 0 saturated heterocycles. The van der Waals surface area contributed by atoms with Gasteiger partial charge < -0.3 is 10.2 Å². The molecule has 0 radical (unpaired) electrons. The second-order valence-electron chi connectivity index (χ2n) is 3.52. The summed E-state index contributed by atoms with van der Waals surface area (Å²) in [5.41, 5.74) is 2.04. The molecule has 0 aromatic heterocycles. The molecule has 0 amide bonds. The van der Waals surface area contributed by atoms with Crippen molar-refractivity contribution in [3.8, 4) is 0 Å². The summed E-state index contributed by atoms with van der Waals surface area (Å²) in [7, 11) is 0. The molecular weight excluding hydrogens is 164 g/mol. The lowest BCUT2D eigenvalue weighted by molar-refractivity contribution is 0.0770. The molecule has 0 spiro atoms. The molecule has 2 N–H and O–H groups in total. The molecule has 2 heteroatoms. The summed E-state index contributed by atoms with van der Waals surface area (Å²) in [6.07, 6.45) is -0.564. The Morgan fingerprint density at radius 1 is 1.23 bits per heavy atom. The minimum Gasteiger partial charge on any atom is -0.396 e. The molecule has 2 nitrogen and oxygen atoms in total. The zero-order valence-electron chi connectivity index (χ0n) is 8.07. The van der Waals surface area contributed by atoms with Crippen LogP contribution in [0.15, 0.2) is 24.3 Å². The highest BCUT2D eigenvalue weighted by Crippen LogP contribution is 2.21. The number of aryl methyl sites for hydroxylation is 1. The zero-order valence-corrected chi connectivity index (χ0v) is 8.07. The molecule has 0 heterocycles. The van der Waals surface area contributed by atoms with E-state index in [1.807, 2.05) is 38.1 Å². The van der Waals surface area contributed by atoms with E-state index in [1.54, 1.807) is 0 Å². The summed E-state index contributed by atoms with van der Waals surface area (Å²) in [6, 6.07) is 7.71. The van der Waals surface area contributed by atoms with Gasteiger partial charge in [-0.3, -0.25) is 0 Å². The molecule has 0 bridgehead atoms. The molecule has 2 unspecified atom stereocenters. The number of rotatable bonds is 3. The molecule has 0 aliphatic rings. The van der Waals surface area contributed by atoms with E-state index in [-0.39, 0.29) is 12.5 Å². The molecule has 0 aliphatic heterocycles. The zero-order chi connectivity index (χ0) is 9.84. The van der Waals surface area contributed by atoms with Crippen LogP contribution >= 0.6 is 0 Å². The van der Waals surface area contributed by atoms with E-state index in [9.17, 15) is 5.11 Å². The first-order chi connectivity index (χ1) is 6.15. The monoisotopic (exact) mass is 180 g/mol. The van der Waals surface area contributed by atoms with Gasteiger partial charge in [0, 0.05) is 12.5 Å². The SMILES string of the molecule is Cc1ccc(C(O)C(C)CO)cc1. The summed E-state index contributed by atoms with van der Waals surface area (Å²) in [6.45, 7) is 3.84. The Morgan fingerprint density at radius 2 is 1.77 bits per heavy atom. The first-order valence-electron chi connectivity index (χ1n) is 4.50. The van der Waals surface area contributed by atoms with Crippen molar-refractivity contribution in [3.05, 3.63) is 35.4 Å². The van der Waals surface area contributed by atoms with Crippen LogP contribution in [-0.2, 0) is 0 Å². The first kappa shape index (κ1) is 10.2. The highest BCUT2D eigenvalue weighted by atomic mass is 16.3. The van der Waals surface area contributed by atoms with Crippen LogP contribution in [0.1, 0.15) is 24.2 Å². The van der Waals surface area contributed by atoms with E-state index < -0.39 is 6.10 Å². The maximum Gasteiger partial charge on any atom is 0.0837 e. The van der Waals surface area contributed by atoms with Crippen LogP contribution in [0.5, 0.6) is 0 Å². The van der Waals surface area contributed by atoms with Crippen LogP contribution in [0.25, 0.3) is 0 Å². The summed E-state index contributed by atoms with van der Waals surface area (Å²) < 4.78 is 0. The molecule has 0 fully saturated rings. The van der Waals surface area contributed by atoms with Crippen LogP contribution in [0, 0.1) is 12.8 Å². The van der Waals surface area contributed by atoms with E-state index in [1.165, 1.54) is 5.56 Å². The topological polar surface area (TPSA) is 40.5 Å². The fraction of sp³-hybridized carbons (Fsp3) is 0.455. The normalized spacial score (nSPS) is 15.4. The molecule has 0 saturated carbocycles. The van der Waals surface area contributed by atoms with Gasteiger partial charge in [0.1, 0.15) is 0 Å². The smallest absolute Gasteiger partial charge is 0.0837 e. The summed E-state index contributed by atoms with van der Waals surface area (Å²) in [5.74, 6) is -0.109. The van der Waals surface area contributed by atoms with Gasteiger partial charge in [-0.05, 0) is 12.5 Å². The van der Waals surface area contributed by atoms with E-state index in [4.69, 9.17) is 5.11 Å². The lowest BCUT2D eigenvalue weighted by Crippen LogP contribution is -2.12. The van der Waals surface area contributed by atoms with Crippen molar-refractivity contribution in [1.82, 2.24) is 0 Å². The standard InChI is InChI=1S/C11H16O2/c1-8-3-5-10(6-4-8)11(13)9(2)7-12/h3-6,9,11-13H,7H2,1-2H3. The number of hydrogen-bond donors (Lipinski definition) is 2. The van der Waals surface area contributed by atoms with Crippen LogP contribution in [0.4, 0.5) is 0 Å². The van der Waals surface area contributed by atoms with Gasteiger partial charge in [-0.2, -0.15) is 0 Å². The van der Waals surface area contributed by atoms with Crippen LogP contribution in [0.3, 0.4) is 0 Å². The maximum absolute atomic E-state index is 9.72. The highest BCUT2D eigenvalue weighted by molar-refractivity contribution is 5.23. The Labute approximate surface area is 78.8 Å². The van der Waals surface area contributed by atoms with Gasteiger partial charge in [-0.1, -0.05) is 36.8 Å². The van der Waals surface area contributed by atoms with Gasteiger partial charge in [0.2, 0.25) is 0 Å². The molecule has 0 aliphatic carbocycles. The minimum absolute atomic E-state index is 0.00897. The molecular formula is C11H16O2. The number of hydrogen-bond acceptors (Lipinski definition) is 2. The van der Waals surface area contributed by atoms with Gasteiger partial charge in [0.05, 0.1) is 6.10 Å². The fourth-order valence-electron chi connectivity index (χ4n) is 1.19. The van der Waals surface area contributed by atoms with Gasteiger partial charge in [0.25, 0.3) is 0 Å². The minimum atomic E-state index is -0.564. The predicted octanol–water partition coefficient (Wildman–Crippen LogP) is 1.66. The van der Waals surface area contributed by atoms with Crippen LogP contribution in [-0.4, -0.2) is 16.8 Å². The van der Waals surface area contributed by atoms with Crippen LogP contribution < -0.4 is 0 Å². The van der Waals surface area contributed by atoms with E-state index in [2.05, 4.69) is 0 Å². The molecule has 72 valence electrons. The van der Waals surface area contributed by atoms with Gasteiger partial charge in [0.15, 0.2) is 0 Å². The number of aliphatic hydroxyl groups excluding tert-OH is 2. The van der Waals surface area contributed by atoms with Crippen molar-refractivity contribution in [2.24, 2.45) is 5.92 Å². The Balaban J connectivity index is 2.77. The van der Waals surface area contributed by atoms with E-state index in [0.29, 0.717) is 0 Å². The van der Waals surface area contributed by atoms with Crippen molar-refractivity contribution in [1.29, 1.82) is 0 Å². The van der Waals surface area contributed by atoms with Gasteiger partial charge >= 0.3 is 0 Å². The largest absolute Gasteiger partial charge is 0.396 e. The second-order valence-corrected chi connectivity index (χ2v) is 3.52. The molecule has 13 heavy (non-hydrogen) atoms. The molecule has 1 aromatic rings. The first-order valence-corrected chi connectivity index (χ1v) is 4.50. The maximum atomic E-state index is 9.72. The van der Waals surface area contributed by atoms with Crippen LogP contribution in [0.2, 0.25) is 0 Å². The summed E-state index contributed by atoms with van der Waals surface area (Å²) in [5, 5.41) is 18.6. The second kappa shape index (κ2) is 4.40. The van der Waals surface area contributed by atoms with Crippen molar-refractivity contribution in [3.63, 3.8) is 0 Å². The number of aliphatic hydroxyl groups is 2. The average molecular weight is 180 g/mol. The highest BCUT2D eigenvalue weighted by Gasteiger charge is 2.14. The quantitative estimate of drug-likeness (QED) is 0.742. The van der Waals surface area contributed by atoms with E-state index >= 15 is 0 Å². The van der Waals surface area contributed by atoms with Gasteiger partial charge in [-0.25, -0.2) is 0 Å². The Kier molecular flexibility index (Phi) is 3.46. The van der Waals surface area contributed by atoms with Gasteiger partial charge in [-0.15, -0.1) is 0 Å². The Bertz CT molecular complexity index is 253.